The molecular formula is C22H24F3IN4O2. The van der Waals surface area contributed by atoms with E-state index in [0.717, 1.165) is 11.1 Å². The van der Waals surface area contributed by atoms with E-state index in [9.17, 15) is 13.2 Å². The molecule has 0 aliphatic rings. The van der Waals surface area contributed by atoms with Gasteiger partial charge in [-0.05, 0) is 18.6 Å². The third-order valence-electron chi connectivity index (χ3n) is 4.30. The van der Waals surface area contributed by atoms with Crippen LogP contribution in [-0.4, -0.2) is 30.8 Å². The van der Waals surface area contributed by atoms with Crippen LogP contribution in [0.25, 0.3) is 11.3 Å². The van der Waals surface area contributed by atoms with Crippen LogP contribution in [0.3, 0.4) is 0 Å². The predicted octanol–water partition coefficient (Wildman–Crippen LogP) is 5.07. The zero-order valence-electron chi connectivity index (χ0n) is 17.6. The Balaban J connectivity index is 0.00000363. The van der Waals surface area contributed by atoms with Crippen molar-refractivity contribution < 1.29 is 22.3 Å². The summed E-state index contributed by atoms with van der Waals surface area (Å²) in [6.45, 7) is 0.967. The molecule has 2 aromatic carbocycles. The molecule has 0 saturated heterocycles. The van der Waals surface area contributed by atoms with E-state index in [1.54, 1.807) is 32.3 Å². The van der Waals surface area contributed by atoms with Crippen molar-refractivity contribution in [2.24, 2.45) is 4.99 Å². The summed E-state index contributed by atoms with van der Waals surface area (Å²) in [4.78, 5) is 8.37. The molecule has 10 heteroatoms. The first-order chi connectivity index (χ1) is 14.8. The average molecular weight is 560 g/mol. The number of alkyl halides is 3. The number of guanidine groups is 1. The Morgan fingerprint density at radius 1 is 1.09 bits per heavy atom. The molecular weight excluding hydrogens is 536 g/mol. The minimum atomic E-state index is -4.40. The molecule has 0 radical (unpaired) electrons. The van der Waals surface area contributed by atoms with Crippen molar-refractivity contribution in [2.75, 3.05) is 13.7 Å². The lowest BCUT2D eigenvalue weighted by Crippen LogP contribution is -2.36. The summed E-state index contributed by atoms with van der Waals surface area (Å²) in [6, 6.07) is 14.7. The number of aryl methyl sites for hydroxylation is 1. The quantitative estimate of drug-likeness (QED) is 0.240. The van der Waals surface area contributed by atoms with Crippen LogP contribution in [-0.2, 0) is 13.1 Å². The van der Waals surface area contributed by atoms with E-state index in [2.05, 4.69) is 20.6 Å². The second-order valence-corrected chi connectivity index (χ2v) is 6.78. The summed E-state index contributed by atoms with van der Waals surface area (Å²) < 4.78 is 48.3. The van der Waals surface area contributed by atoms with Crippen molar-refractivity contribution in [3.63, 3.8) is 0 Å². The summed E-state index contributed by atoms with van der Waals surface area (Å²) in [5.41, 5.74) is 2.32. The van der Waals surface area contributed by atoms with Crippen LogP contribution < -0.4 is 15.4 Å². The maximum Gasteiger partial charge on any atom is 0.422 e. The van der Waals surface area contributed by atoms with E-state index in [-0.39, 0.29) is 42.8 Å². The van der Waals surface area contributed by atoms with Crippen LogP contribution in [0.5, 0.6) is 5.75 Å². The summed E-state index contributed by atoms with van der Waals surface area (Å²) in [7, 11) is 1.59. The molecule has 0 bridgehead atoms. The molecule has 2 N–H and O–H groups in total. The first-order valence-electron chi connectivity index (χ1n) is 9.58. The van der Waals surface area contributed by atoms with Crippen molar-refractivity contribution in [1.82, 2.24) is 15.6 Å². The molecule has 1 heterocycles. The third kappa shape index (κ3) is 7.74. The Morgan fingerprint density at radius 3 is 2.50 bits per heavy atom. The van der Waals surface area contributed by atoms with Crippen molar-refractivity contribution in [1.29, 1.82) is 0 Å². The highest BCUT2D eigenvalue weighted by molar-refractivity contribution is 14.0. The Labute approximate surface area is 201 Å². The summed E-state index contributed by atoms with van der Waals surface area (Å²) in [5, 5.41) is 6.13. The van der Waals surface area contributed by atoms with Crippen molar-refractivity contribution in [3.8, 4) is 17.1 Å². The van der Waals surface area contributed by atoms with E-state index in [1.165, 1.54) is 0 Å². The van der Waals surface area contributed by atoms with Crippen LogP contribution >= 0.6 is 24.0 Å². The molecule has 0 atom stereocenters. The SMILES string of the molecule is CN=C(NCc1ncc(-c2ccccc2)o1)NCc1ccc(C)cc1OCC(F)(F)F.I. The number of ether oxygens (including phenoxy) is 1. The molecule has 0 fully saturated rings. The fourth-order valence-corrected chi connectivity index (χ4v) is 2.79. The topological polar surface area (TPSA) is 71.7 Å². The van der Waals surface area contributed by atoms with E-state index >= 15 is 0 Å². The smallest absolute Gasteiger partial charge is 0.422 e. The van der Waals surface area contributed by atoms with Crippen LogP contribution in [0.1, 0.15) is 17.0 Å². The maximum atomic E-state index is 12.5. The number of hydrogen-bond acceptors (Lipinski definition) is 4. The molecule has 0 saturated carbocycles. The van der Waals surface area contributed by atoms with Crippen LogP contribution in [0.2, 0.25) is 0 Å². The number of oxazole rings is 1. The third-order valence-corrected chi connectivity index (χ3v) is 4.30. The molecule has 0 amide bonds. The number of halogens is 4. The number of nitrogens with zero attached hydrogens (tertiary/aromatic N) is 2. The largest absolute Gasteiger partial charge is 0.484 e. The van der Waals surface area contributed by atoms with Crippen molar-refractivity contribution >= 4 is 29.9 Å². The second-order valence-electron chi connectivity index (χ2n) is 6.78. The van der Waals surface area contributed by atoms with Gasteiger partial charge in [0.25, 0.3) is 0 Å². The van der Waals surface area contributed by atoms with Gasteiger partial charge in [-0.3, -0.25) is 4.99 Å². The van der Waals surface area contributed by atoms with Gasteiger partial charge in [0, 0.05) is 24.7 Å². The van der Waals surface area contributed by atoms with Gasteiger partial charge in [-0.15, -0.1) is 24.0 Å². The standard InChI is InChI=1S/C22H23F3N4O2.HI/c1-15-8-9-17(18(10-15)30-14-22(23,24)25)11-28-21(26-2)29-13-20-27-12-19(31-20)16-6-4-3-5-7-16;/h3-10,12H,11,13-14H2,1-2H3,(H2,26,28,29);1H. The lowest BCUT2D eigenvalue weighted by Gasteiger charge is -2.16. The molecule has 32 heavy (non-hydrogen) atoms. The maximum absolute atomic E-state index is 12.5. The number of nitrogens with one attached hydrogen (secondary N) is 2. The van der Waals surface area contributed by atoms with Gasteiger partial charge in [0.15, 0.2) is 18.3 Å². The first kappa shape index (κ1) is 25.5. The monoisotopic (exact) mass is 560 g/mol. The predicted molar refractivity (Wildman–Crippen MR) is 127 cm³/mol. The number of hydrogen-bond donors (Lipinski definition) is 2. The molecule has 0 aliphatic carbocycles. The van der Waals surface area contributed by atoms with E-state index in [0.29, 0.717) is 23.2 Å². The molecule has 172 valence electrons. The summed E-state index contributed by atoms with van der Waals surface area (Å²) in [5.74, 6) is 1.76. The van der Waals surface area contributed by atoms with Crippen LogP contribution in [0.4, 0.5) is 13.2 Å². The van der Waals surface area contributed by atoms with Gasteiger partial charge in [0.2, 0.25) is 5.89 Å². The highest BCUT2D eigenvalue weighted by Crippen LogP contribution is 2.24. The van der Waals surface area contributed by atoms with E-state index in [4.69, 9.17) is 9.15 Å². The highest BCUT2D eigenvalue weighted by Gasteiger charge is 2.28. The van der Waals surface area contributed by atoms with Gasteiger partial charge in [-0.2, -0.15) is 13.2 Å². The number of rotatable bonds is 7. The zero-order valence-corrected chi connectivity index (χ0v) is 19.9. The molecule has 1 aromatic heterocycles. The highest BCUT2D eigenvalue weighted by atomic mass is 127. The average Bonchev–Trinajstić information content (AvgIpc) is 3.22. The Hall–Kier alpha value is -2.76. The van der Waals surface area contributed by atoms with Crippen molar-refractivity contribution in [3.05, 3.63) is 71.7 Å². The minimum Gasteiger partial charge on any atom is -0.484 e. The Morgan fingerprint density at radius 2 is 1.81 bits per heavy atom. The fourth-order valence-electron chi connectivity index (χ4n) is 2.79. The molecule has 6 nitrogen and oxygen atoms in total. The summed E-state index contributed by atoms with van der Waals surface area (Å²) >= 11 is 0. The number of aromatic nitrogens is 1. The van der Waals surface area contributed by atoms with Gasteiger partial charge in [0.05, 0.1) is 12.7 Å². The van der Waals surface area contributed by atoms with Gasteiger partial charge >= 0.3 is 6.18 Å². The van der Waals surface area contributed by atoms with Crippen LogP contribution in [0.15, 0.2) is 64.1 Å². The summed E-state index contributed by atoms with van der Waals surface area (Å²) in [6.07, 6.45) is -2.75. The van der Waals surface area contributed by atoms with Crippen molar-refractivity contribution in [2.45, 2.75) is 26.2 Å². The zero-order chi connectivity index (χ0) is 22.3. The number of benzene rings is 2. The lowest BCUT2D eigenvalue weighted by molar-refractivity contribution is -0.153. The molecule has 3 rings (SSSR count). The lowest BCUT2D eigenvalue weighted by atomic mass is 10.1. The number of aliphatic imine (C=N–C) groups is 1. The molecule has 0 unspecified atom stereocenters. The Bertz CT molecular complexity index is 1020. The molecule has 0 spiro atoms. The van der Waals surface area contributed by atoms with E-state index in [1.807, 2.05) is 36.4 Å². The first-order valence-corrected chi connectivity index (χ1v) is 9.58. The second kappa shape index (κ2) is 11.7. The van der Waals surface area contributed by atoms with Gasteiger partial charge in [-0.1, -0.05) is 42.5 Å². The normalized spacial score (nSPS) is 11.6. The van der Waals surface area contributed by atoms with Crippen LogP contribution in [0, 0.1) is 6.92 Å². The Kier molecular flexibility index (Phi) is 9.36. The van der Waals surface area contributed by atoms with Gasteiger partial charge < -0.3 is 19.8 Å². The van der Waals surface area contributed by atoms with E-state index < -0.39 is 12.8 Å². The fraction of sp³-hybridized carbons (Fsp3) is 0.273. The van der Waals surface area contributed by atoms with Gasteiger partial charge in [0.1, 0.15) is 5.75 Å². The molecule has 0 aliphatic heterocycles. The minimum absolute atomic E-state index is 0. The molecule has 3 aromatic rings. The van der Waals surface area contributed by atoms with Gasteiger partial charge in [-0.25, -0.2) is 4.98 Å².